The summed E-state index contributed by atoms with van der Waals surface area (Å²) in [4.78, 5) is 57.3. The quantitative estimate of drug-likeness (QED) is 0.0620. The Morgan fingerprint density at radius 1 is 0.855 bits per heavy atom. The van der Waals surface area contributed by atoms with Crippen molar-refractivity contribution >= 4 is 113 Å². The van der Waals surface area contributed by atoms with Crippen molar-refractivity contribution in [3.8, 4) is 11.5 Å². The van der Waals surface area contributed by atoms with Gasteiger partial charge in [-0.15, -0.1) is 16.8 Å². The molecule has 0 spiro atoms. The first-order valence-electron chi connectivity index (χ1n) is 18.5. The first-order valence-corrected chi connectivity index (χ1v) is 23.8. The predicted octanol–water partition coefficient (Wildman–Crippen LogP) is 5.08. The SMILES string of the molecule is CN1c2cc3c(cc2C(CS(=O)(=O)O)=CC1(C)C)C(c1c(Cl)c(SCC(=O)ON2C(=O)CCC2=O)c(Cl)c(Cl)c1C(=O)O)=c1cc2c(cc1O3)=[N+](C)C(C)(C)C=C2CS(=O)(=O)O. The van der Waals surface area contributed by atoms with Crippen molar-refractivity contribution in [1.29, 1.82) is 0 Å². The Morgan fingerprint density at radius 3 is 2.03 bits per heavy atom. The van der Waals surface area contributed by atoms with E-state index in [4.69, 9.17) is 44.4 Å². The highest BCUT2D eigenvalue weighted by Crippen LogP contribution is 2.51. The van der Waals surface area contributed by atoms with E-state index in [0.29, 0.717) is 39.0 Å². The van der Waals surface area contributed by atoms with Crippen LogP contribution in [0.25, 0.3) is 16.7 Å². The number of ether oxygens (including phenoxy) is 1. The molecule has 0 aliphatic carbocycles. The Bertz CT molecular complexity index is 3020. The lowest BCUT2D eigenvalue weighted by Gasteiger charge is -2.41. The number of anilines is 1. The van der Waals surface area contributed by atoms with Gasteiger partial charge in [0.1, 0.15) is 30.1 Å². The Hall–Kier alpha value is -4.47. The van der Waals surface area contributed by atoms with Crippen molar-refractivity contribution in [2.45, 2.75) is 56.5 Å². The van der Waals surface area contributed by atoms with Crippen LogP contribution in [-0.2, 0) is 39.5 Å². The molecule has 4 aliphatic heterocycles. The number of benzene rings is 3. The van der Waals surface area contributed by atoms with Crippen molar-refractivity contribution in [3.63, 3.8) is 0 Å². The van der Waals surface area contributed by atoms with E-state index < -0.39 is 82.9 Å². The molecule has 1 saturated heterocycles. The van der Waals surface area contributed by atoms with Crippen LogP contribution in [0.2, 0.25) is 15.1 Å². The molecule has 4 heterocycles. The number of carboxylic acids is 1. The van der Waals surface area contributed by atoms with Gasteiger partial charge in [-0.2, -0.15) is 16.8 Å². The molecule has 3 aromatic carbocycles. The number of likely N-dealkylation sites (N-methyl/N-ethyl adjacent to an activating group) is 2. The zero-order chi connectivity index (χ0) is 45.8. The minimum atomic E-state index is -4.60. The molecule has 0 atom stereocenters. The van der Waals surface area contributed by atoms with Crippen molar-refractivity contribution in [1.82, 2.24) is 9.64 Å². The average Bonchev–Trinajstić information content (AvgIpc) is 3.46. The zero-order valence-corrected chi connectivity index (χ0v) is 38.3. The van der Waals surface area contributed by atoms with Crippen molar-refractivity contribution in [2.75, 3.05) is 36.3 Å². The van der Waals surface area contributed by atoms with E-state index in [0.717, 1.165) is 0 Å². The van der Waals surface area contributed by atoms with E-state index in [2.05, 4.69) is 0 Å². The maximum atomic E-state index is 13.3. The third-order valence-corrected chi connectivity index (χ3v) is 15.0. The molecular formula is C40H37Cl3N3O13S3+. The number of hydrogen-bond donors (Lipinski definition) is 3. The molecule has 0 unspecified atom stereocenters. The molecule has 0 saturated carbocycles. The minimum Gasteiger partial charge on any atom is -0.478 e. The summed E-state index contributed by atoms with van der Waals surface area (Å²) in [5.74, 6) is -5.95. The van der Waals surface area contributed by atoms with Gasteiger partial charge in [-0.05, 0) is 43.2 Å². The molecule has 16 nitrogen and oxygen atoms in total. The number of carboxylic acid groups (broad SMARTS) is 1. The molecule has 0 bridgehead atoms. The van der Waals surface area contributed by atoms with Gasteiger partial charge >= 0.3 is 11.9 Å². The normalized spacial score (nSPS) is 17.7. The Labute approximate surface area is 374 Å². The van der Waals surface area contributed by atoms with Crippen LogP contribution in [0.5, 0.6) is 11.5 Å². The number of hydrogen-bond acceptors (Lipinski definition) is 12. The second kappa shape index (κ2) is 15.7. The number of thioether (sulfide) groups is 1. The standard InChI is InChI=1S/C40H36Cl3N3O13S3/c1-39(2)13-18(16-61(52,53)54)20-9-22-26(11-24(20)44(39)5)58-27-12-25-21(19(17-62(55,56)57)14-40(3,4)45(25)6)10-23(27)31(22)32-33(38(50)51)34(41)36(43)37(35(32)42)60-15-30(49)59-46-28(47)7-8-29(46)48/h9-14H,7-8,15-17H2,1-6H3,(H2-,50,51,52,53,54,55,56,57)/p+1. The first kappa shape index (κ1) is 45.6. The topological polar surface area (TPSA) is 225 Å². The summed E-state index contributed by atoms with van der Waals surface area (Å²) < 4.78 is 78.2. The van der Waals surface area contributed by atoms with Crippen molar-refractivity contribution < 1.29 is 59.8 Å². The molecule has 62 heavy (non-hydrogen) atoms. The lowest BCUT2D eigenvalue weighted by Crippen LogP contribution is -2.47. The van der Waals surface area contributed by atoms with Crippen LogP contribution < -0.4 is 24.8 Å². The highest BCUT2D eigenvalue weighted by atomic mass is 35.5. The molecule has 3 aromatic rings. The summed E-state index contributed by atoms with van der Waals surface area (Å²) in [6.45, 7) is 7.33. The maximum absolute atomic E-state index is 13.3. The Morgan fingerprint density at radius 2 is 1.45 bits per heavy atom. The fraction of sp³-hybridized carbons (Fsp3) is 0.325. The number of aromatic carboxylic acids is 1. The summed E-state index contributed by atoms with van der Waals surface area (Å²) in [6.07, 6.45) is 3.04. The summed E-state index contributed by atoms with van der Waals surface area (Å²) in [5, 5.41) is 10.6. The van der Waals surface area contributed by atoms with Crippen LogP contribution in [0, 0.1) is 0 Å². The van der Waals surface area contributed by atoms with Crippen LogP contribution in [0.4, 0.5) is 5.69 Å². The molecule has 0 aromatic heterocycles. The molecule has 1 fully saturated rings. The summed E-state index contributed by atoms with van der Waals surface area (Å²) in [5.41, 5.74) is -0.682. The van der Waals surface area contributed by atoms with Crippen molar-refractivity contribution in [3.05, 3.63) is 89.9 Å². The van der Waals surface area contributed by atoms with E-state index in [1.807, 2.05) is 37.2 Å². The molecule has 4 aliphatic rings. The van der Waals surface area contributed by atoms with Crippen LogP contribution >= 0.6 is 46.6 Å². The fourth-order valence-electron chi connectivity index (χ4n) is 7.87. The maximum Gasteiger partial charge on any atom is 0.343 e. The van der Waals surface area contributed by atoms with Crippen LogP contribution in [-0.4, -0.2) is 102 Å². The van der Waals surface area contributed by atoms with Gasteiger partial charge in [0.05, 0.1) is 43.6 Å². The van der Waals surface area contributed by atoms with Gasteiger partial charge in [0, 0.05) is 77.9 Å². The molecule has 2 amide bonds. The highest BCUT2D eigenvalue weighted by molar-refractivity contribution is 8.00. The number of amides is 2. The lowest BCUT2D eigenvalue weighted by molar-refractivity contribution is -0.195. The van der Waals surface area contributed by atoms with Crippen molar-refractivity contribution in [2.24, 2.45) is 0 Å². The van der Waals surface area contributed by atoms with Crippen LogP contribution in [0.1, 0.15) is 73.1 Å². The van der Waals surface area contributed by atoms with Gasteiger partial charge in [0.2, 0.25) is 5.36 Å². The smallest absolute Gasteiger partial charge is 0.343 e. The van der Waals surface area contributed by atoms with E-state index in [1.165, 1.54) is 0 Å². The predicted molar refractivity (Wildman–Crippen MR) is 233 cm³/mol. The molecule has 328 valence electrons. The number of nitrogens with zero attached hydrogens (tertiary/aromatic N) is 3. The third kappa shape index (κ3) is 8.24. The second-order valence-electron chi connectivity index (χ2n) is 16.1. The monoisotopic (exact) mass is 968 g/mol. The van der Waals surface area contributed by atoms with Gasteiger partial charge < -0.3 is 19.6 Å². The molecule has 0 radical (unpaired) electrons. The van der Waals surface area contributed by atoms with E-state index in [1.54, 1.807) is 50.5 Å². The number of carbonyl (C=O) groups is 4. The Kier molecular flexibility index (Phi) is 11.5. The number of carbonyl (C=O) groups excluding carboxylic acids is 3. The van der Waals surface area contributed by atoms with Gasteiger partial charge in [-0.1, -0.05) is 40.9 Å². The largest absolute Gasteiger partial charge is 0.478 e. The van der Waals surface area contributed by atoms with Gasteiger partial charge in [-0.3, -0.25) is 18.7 Å². The number of imide groups is 1. The third-order valence-electron chi connectivity index (χ3n) is 11.1. The highest BCUT2D eigenvalue weighted by Gasteiger charge is 2.39. The van der Waals surface area contributed by atoms with Gasteiger partial charge in [0.15, 0.2) is 5.54 Å². The summed E-state index contributed by atoms with van der Waals surface area (Å²) >= 11 is 21.4. The average molecular weight is 970 g/mol. The molecule has 7 rings (SSSR count). The first-order chi connectivity index (χ1) is 28.6. The fourth-order valence-corrected chi connectivity index (χ4v) is 11.1. The Balaban J connectivity index is 1.58. The second-order valence-corrected chi connectivity index (χ2v) is 21.1. The minimum absolute atomic E-state index is 0.0443. The molecule has 3 N–H and O–H groups in total. The summed E-state index contributed by atoms with van der Waals surface area (Å²) in [7, 11) is -5.66. The number of hydroxylamine groups is 2. The van der Waals surface area contributed by atoms with Crippen LogP contribution in [0.15, 0.2) is 41.3 Å². The van der Waals surface area contributed by atoms with E-state index in [-0.39, 0.29) is 72.3 Å². The molecular weight excluding hydrogens is 933 g/mol. The van der Waals surface area contributed by atoms with Gasteiger partial charge in [-0.25, -0.2) is 14.2 Å². The summed E-state index contributed by atoms with van der Waals surface area (Å²) in [6, 6.07) is 6.35. The lowest BCUT2D eigenvalue weighted by atomic mass is 9.83. The van der Waals surface area contributed by atoms with E-state index >= 15 is 0 Å². The number of halogens is 3. The zero-order valence-electron chi connectivity index (χ0n) is 33.6. The van der Waals surface area contributed by atoms with Crippen LogP contribution in [0.3, 0.4) is 0 Å². The number of fused-ring (bicyclic) bond motifs is 4. The van der Waals surface area contributed by atoms with E-state index in [9.17, 15) is 50.2 Å². The number of rotatable bonds is 10. The van der Waals surface area contributed by atoms with Gasteiger partial charge in [0.25, 0.3) is 32.1 Å². The molecule has 22 heteroatoms.